The van der Waals surface area contributed by atoms with Crippen molar-refractivity contribution in [3.8, 4) is 0 Å². The molecule has 4 rings (SSSR count). The van der Waals surface area contributed by atoms with Gasteiger partial charge in [0.05, 0.1) is 15.8 Å². The molecule has 3 aromatic rings. The number of imide groups is 1. The van der Waals surface area contributed by atoms with Crippen molar-refractivity contribution in [3.05, 3.63) is 57.4 Å². The molecule has 0 bridgehead atoms. The number of carbonyl (C=O) groups is 3. The van der Waals surface area contributed by atoms with Gasteiger partial charge in [0.15, 0.2) is 5.78 Å². The van der Waals surface area contributed by atoms with Crippen LogP contribution in [-0.4, -0.2) is 40.2 Å². The van der Waals surface area contributed by atoms with E-state index in [1.165, 1.54) is 0 Å². The van der Waals surface area contributed by atoms with Gasteiger partial charge < -0.3 is 10.3 Å². The molecule has 2 aromatic heterocycles. The van der Waals surface area contributed by atoms with Gasteiger partial charge in [-0.2, -0.15) is 0 Å². The van der Waals surface area contributed by atoms with Crippen molar-refractivity contribution in [3.63, 3.8) is 0 Å². The maximum absolute atomic E-state index is 12.6. The molecule has 3 heterocycles. The lowest BCUT2D eigenvalue weighted by molar-refractivity contribution is -0.127. The number of thiophene rings is 1. The van der Waals surface area contributed by atoms with Crippen LogP contribution in [0.2, 0.25) is 4.34 Å². The first-order valence-electron chi connectivity index (χ1n) is 7.98. The molecule has 0 radical (unpaired) electrons. The predicted molar refractivity (Wildman–Crippen MR) is 99.7 cm³/mol. The highest BCUT2D eigenvalue weighted by molar-refractivity contribution is 7.18. The van der Waals surface area contributed by atoms with Crippen LogP contribution in [0.1, 0.15) is 15.2 Å². The minimum atomic E-state index is -0.679. The van der Waals surface area contributed by atoms with Crippen molar-refractivity contribution in [2.24, 2.45) is 0 Å². The van der Waals surface area contributed by atoms with Gasteiger partial charge in [0, 0.05) is 23.5 Å². The zero-order valence-electron chi connectivity index (χ0n) is 13.5. The Balaban J connectivity index is 1.49. The molecule has 0 spiro atoms. The van der Waals surface area contributed by atoms with Gasteiger partial charge in [0.1, 0.15) is 6.04 Å². The highest BCUT2D eigenvalue weighted by atomic mass is 35.5. The average Bonchev–Trinajstić information content (AvgIpc) is 3.30. The number of H-pyrrole nitrogens is 1. The fraction of sp³-hybridized carbons (Fsp3) is 0.167. The normalized spacial score (nSPS) is 17.1. The van der Waals surface area contributed by atoms with Crippen LogP contribution in [0.15, 0.2) is 42.6 Å². The van der Waals surface area contributed by atoms with E-state index in [1.54, 1.807) is 12.1 Å². The molecule has 26 heavy (non-hydrogen) atoms. The molecule has 0 aliphatic carbocycles. The smallest absolute Gasteiger partial charge is 0.325 e. The number of urea groups is 1. The van der Waals surface area contributed by atoms with Gasteiger partial charge in [0.2, 0.25) is 0 Å². The van der Waals surface area contributed by atoms with E-state index in [0.717, 1.165) is 32.7 Å². The summed E-state index contributed by atoms with van der Waals surface area (Å²) in [7, 11) is 0. The van der Waals surface area contributed by atoms with Crippen LogP contribution in [0.4, 0.5) is 4.79 Å². The summed E-state index contributed by atoms with van der Waals surface area (Å²) < 4.78 is 0.489. The number of halogens is 1. The molecule has 1 aromatic carbocycles. The molecule has 6 nitrogen and oxygen atoms in total. The maximum Gasteiger partial charge on any atom is 0.325 e. The van der Waals surface area contributed by atoms with Gasteiger partial charge in [-0.1, -0.05) is 29.8 Å². The summed E-state index contributed by atoms with van der Waals surface area (Å²) in [6.45, 7) is -0.286. The second-order valence-corrected chi connectivity index (χ2v) is 7.73. The van der Waals surface area contributed by atoms with E-state index in [9.17, 15) is 14.4 Å². The van der Waals surface area contributed by atoms with E-state index in [2.05, 4.69) is 10.3 Å². The second kappa shape index (κ2) is 6.59. The second-order valence-electron chi connectivity index (χ2n) is 6.02. The van der Waals surface area contributed by atoms with Crippen LogP contribution in [0, 0.1) is 0 Å². The van der Waals surface area contributed by atoms with E-state index in [0.29, 0.717) is 15.6 Å². The van der Waals surface area contributed by atoms with E-state index in [1.807, 2.05) is 30.5 Å². The van der Waals surface area contributed by atoms with Crippen molar-refractivity contribution in [1.82, 2.24) is 15.2 Å². The highest BCUT2D eigenvalue weighted by Crippen LogP contribution is 2.24. The number of fused-ring (bicyclic) bond motifs is 1. The van der Waals surface area contributed by atoms with Crippen LogP contribution in [0.5, 0.6) is 0 Å². The van der Waals surface area contributed by atoms with Crippen molar-refractivity contribution in [2.45, 2.75) is 12.5 Å². The summed E-state index contributed by atoms with van der Waals surface area (Å²) in [6.07, 6.45) is 2.20. The van der Waals surface area contributed by atoms with Gasteiger partial charge in [-0.05, 0) is 23.8 Å². The Morgan fingerprint density at radius 1 is 1.19 bits per heavy atom. The number of hydrogen-bond acceptors (Lipinski definition) is 4. The number of carbonyl (C=O) groups excluding carboxylic acids is 3. The summed E-state index contributed by atoms with van der Waals surface area (Å²) >= 11 is 6.96. The first kappa shape index (κ1) is 16.8. The number of rotatable bonds is 5. The van der Waals surface area contributed by atoms with E-state index < -0.39 is 18.0 Å². The van der Waals surface area contributed by atoms with Crippen molar-refractivity contribution < 1.29 is 14.4 Å². The SMILES string of the molecule is O=C(CN1C(=O)NC(Cc2c[nH]c3ccccc23)C1=O)c1ccc(Cl)s1. The van der Waals surface area contributed by atoms with E-state index in [-0.39, 0.29) is 12.3 Å². The van der Waals surface area contributed by atoms with Gasteiger partial charge in [0.25, 0.3) is 5.91 Å². The summed E-state index contributed by atoms with van der Waals surface area (Å²) in [5.41, 5.74) is 1.92. The Morgan fingerprint density at radius 3 is 2.77 bits per heavy atom. The number of amides is 3. The van der Waals surface area contributed by atoms with Gasteiger partial charge in [-0.3, -0.25) is 14.5 Å². The van der Waals surface area contributed by atoms with Crippen LogP contribution in [0.25, 0.3) is 10.9 Å². The van der Waals surface area contributed by atoms with Crippen LogP contribution < -0.4 is 5.32 Å². The van der Waals surface area contributed by atoms with E-state index in [4.69, 9.17) is 11.6 Å². The molecular formula is C18H14ClN3O3S. The van der Waals surface area contributed by atoms with Gasteiger partial charge in [-0.25, -0.2) is 4.79 Å². The molecule has 8 heteroatoms. The monoisotopic (exact) mass is 387 g/mol. The molecule has 0 saturated carbocycles. The fourth-order valence-electron chi connectivity index (χ4n) is 3.07. The predicted octanol–water partition coefficient (Wildman–Crippen LogP) is 3.23. The third-order valence-corrected chi connectivity index (χ3v) is 5.63. The Labute approximate surface area is 157 Å². The molecule has 1 unspecified atom stereocenters. The zero-order valence-corrected chi connectivity index (χ0v) is 15.1. The molecule has 1 aliphatic rings. The molecule has 1 aliphatic heterocycles. The summed E-state index contributed by atoms with van der Waals surface area (Å²) in [4.78, 5) is 41.6. The number of hydrogen-bond donors (Lipinski definition) is 2. The molecule has 132 valence electrons. The Morgan fingerprint density at radius 2 is 2.00 bits per heavy atom. The quantitative estimate of drug-likeness (QED) is 0.521. The Kier molecular flexibility index (Phi) is 4.26. The number of para-hydroxylation sites is 1. The standard InChI is InChI=1S/C18H14ClN3O3S/c19-16-6-5-15(26-16)14(23)9-22-17(24)13(21-18(22)25)7-10-8-20-12-4-2-1-3-11(10)12/h1-6,8,13,20H,7,9H2,(H,21,25). The molecule has 1 saturated heterocycles. The lowest BCUT2D eigenvalue weighted by atomic mass is 10.1. The number of ketones is 1. The zero-order chi connectivity index (χ0) is 18.3. The molecule has 2 N–H and O–H groups in total. The summed E-state index contributed by atoms with van der Waals surface area (Å²) in [5, 5.41) is 3.68. The van der Waals surface area contributed by atoms with Crippen molar-refractivity contribution >= 4 is 51.6 Å². The maximum atomic E-state index is 12.6. The van der Waals surface area contributed by atoms with Gasteiger partial charge in [-0.15, -0.1) is 11.3 Å². The first-order valence-corrected chi connectivity index (χ1v) is 9.18. The van der Waals surface area contributed by atoms with Crippen LogP contribution in [-0.2, 0) is 11.2 Å². The number of nitrogens with one attached hydrogen (secondary N) is 2. The Bertz CT molecular complexity index is 1030. The topological polar surface area (TPSA) is 82.3 Å². The average molecular weight is 388 g/mol. The fourth-order valence-corrected chi connectivity index (χ4v) is 4.04. The van der Waals surface area contributed by atoms with Crippen molar-refractivity contribution in [1.29, 1.82) is 0 Å². The summed E-state index contributed by atoms with van der Waals surface area (Å²) in [5.74, 6) is -0.700. The lowest BCUT2D eigenvalue weighted by Gasteiger charge is -2.11. The highest BCUT2D eigenvalue weighted by Gasteiger charge is 2.39. The molecule has 1 atom stereocenters. The first-order chi connectivity index (χ1) is 12.5. The summed E-state index contributed by atoms with van der Waals surface area (Å²) in [6, 6.07) is 9.75. The van der Waals surface area contributed by atoms with Gasteiger partial charge >= 0.3 is 6.03 Å². The van der Waals surface area contributed by atoms with Crippen LogP contribution in [0.3, 0.4) is 0 Å². The number of aromatic amines is 1. The minimum absolute atomic E-state index is 0.286. The number of nitrogens with zero attached hydrogens (tertiary/aromatic N) is 1. The third-order valence-electron chi connectivity index (χ3n) is 4.36. The molecule has 3 amide bonds. The third kappa shape index (κ3) is 3.00. The lowest BCUT2D eigenvalue weighted by Crippen LogP contribution is -2.36. The van der Waals surface area contributed by atoms with Crippen LogP contribution >= 0.6 is 22.9 Å². The Hall–Kier alpha value is -2.64. The number of aromatic nitrogens is 1. The number of Topliss-reactive ketones (excluding diaryl/α,β-unsaturated/α-hetero) is 1. The number of benzene rings is 1. The largest absolute Gasteiger partial charge is 0.361 e. The van der Waals surface area contributed by atoms with E-state index >= 15 is 0 Å². The molecular weight excluding hydrogens is 374 g/mol. The molecule has 1 fully saturated rings. The van der Waals surface area contributed by atoms with Crippen molar-refractivity contribution in [2.75, 3.05) is 6.54 Å². The minimum Gasteiger partial charge on any atom is -0.361 e.